The minimum Gasteiger partial charge on any atom is -0.369 e. The molecule has 3 heterocycles. The van der Waals surface area contributed by atoms with Crippen LogP contribution in [-0.4, -0.2) is 36.7 Å². The lowest BCUT2D eigenvalue weighted by Crippen LogP contribution is -2.09. The van der Waals surface area contributed by atoms with Crippen LogP contribution in [-0.2, 0) is 6.42 Å². The number of nitrogen functional groups attached to an aromatic ring is 1. The van der Waals surface area contributed by atoms with Gasteiger partial charge in [0.2, 0.25) is 5.95 Å². The molecule has 5 N–H and O–H groups in total. The van der Waals surface area contributed by atoms with E-state index in [4.69, 9.17) is 5.73 Å². The molecule has 0 bridgehead atoms. The molecule has 0 fully saturated rings. The largest absolute Gasteiger partial charge is 0.369 e. The Morgan fingerprint density at radius 2 is 2.12 bits per heavy atom. The maximum Gasteiger partial charge on any atom is 0.222 e. The Balaban J connectivity index is 1.62. The first kappa shape index (κ1) is 14.2. The van der Waals surface area contributed by atoms with Gasteiger partial charge in [-0.1, -0.05) is 6.07 Å². The molecule has 0 amide bonds. The molecule has 0 aliphatic rings. The second-order valence-electron chi connectivity index (χ2n) is 5.39. The molecule has 4 aromatic rings. The second-order valence-corrected chi connectivity index (χ2v) is 5.39. The first-order chi connectivity index (χ1) is 11.8. The Labute approximate surface area is 137 Å². The molecule has 0 radical (unpaired) electrons. The minimum absolute atomic E-state index is 0.244. The average molecular weight is 320 g/mol. The fraction of sp³-hybridized carbons (Fsp3) is 0.125. The number of hydrogen-bond acceptors (Lipinski definition) is 6. The number of aromatic amines is 2. The number of nitrogens with two attached hydrogens (primary N) is 1. The van der Waals surface area contributed by atoms with E-state index >= 15 is 0 Å². The van der Waals surface area contributed by atoms with Crippen LogP contribution < -0.4 is 11.1 Å². The van der Waals surface area contributed by atoms with Gasteiger partial charge in [0.25, 0.3) is 0 Å². The molecule has 120 valence electrons. The van der Waals surface area contributed by atoms with Crippen LogP contribution in [0.1, 0.15) is 5.69 Å². The van der Waals surface area contributed by atoms with Gasteiger partial charge in [-0.25, -0.2) is 9.97 Å². The van der Waals surface area contributed by atoms with E-state index in [9.17, 15) is 0 Å². The van der Waals surface area contributed by atoms with Crippen LogP contribution in [0.2, 0.25) is 0 Å². The lowest BCUT2D eigenvalue weighted by atomic mass is 10.1. The van der Waals surface area contributed by atoms with Crippen molar-refractivity contribution in [1.29, 1.82) is 0 Å². The van der Waals surface area contributed by atoms with Crippen LogP contribution >= 0.6 is 0 Å². The topological polar surface area (TPSA) is 121 Å². The van der Waals surface area contributed by atoms with Crippen molar-refractivity contribution in [2.24, 2.45) is 0 Å². The van der Waals surface area contributed by atoms with E-state index in [1.165, 1.54) is 0 Å². The summed E-state index contributed by atoms with van der Waals surface area (Å²) in [6, 6.07) is 7.88. The molecule has 0 atom stereocenters. The number of H-pyrrole nitrogens is 2. The van der Waals surface area contributed by atoms with E-state index in [2.05, 4.69) is 35.5 Å². The number of rotatable bonds is 5. The molecule has 0 aliphatic carbocycles. The van der Waals surface area contributed by atoms with Crippen LogP contribution in [0.15, 0.2) is 43.0 Å². The average Bonchev–Trinajstić information content (AvgIpc) is 3.28. The molecule has 0 saturated carbocycles. The Morgan fingerprint density at radius 3 is 2.92 bits per heavy atom. The summed E-state index contributed by atoms with van der Waals surface area (Å²) in [5.74, 6) is 0.974. The number of nitrogens with zero attached hydrogens (tertiary/aromatic N) is 4. The number of fused-ring (bicyclic) bond motifs is 1. The third kappa shape index (κ3) is 2.76. The normalized spacial score (nSPS) is 11.0. The predicted molar refractivity (Wildman–Crippen MR) is 92.3 cm³/mol. The molecule has 8 nitrogen and oxygen atoms in total. The zero-order chi connectivity index (χ0) is 16.4. The third-order valence-electron chi connectivity index (χ3n) is 3.77. The molecular formula is C16H16N8. The lowest BCUT2D eigenvalue weighted by molar-refractivity contribution is 0.969. The maximum absolute atomic E-state index is 5.86. The number of nitrogens with one attached hydrogen (secondary N) is 3. The Bertz CT molecular complexity index is 944. The van der Waals surface area contributed by atoms with Crippen molar-refractivity contribution in [3.63, 3.8) is 0 Å². The molecule has 3 aromatic heterocycles. The molecule has 4 rings (SSSR count). The minimum atomic E-state index is 0.244. The van der Waals surface area contributed by atoms with Gasteiger partial charge < -0.3 is 16.0 Å². The lowest BCUT2D eigenvalue weighted by Gasteiger charge is -2.10. The zero-order valence-corrected chi connectivity index (χ0v) is 12.8. The standard InChI is InChI=1S/C16H16N8/c17-16-22-14-7-10(13-4-6-21-24-13)1-2-12(14)15(23-16)19-5-3-11-8-18-9-20-11/h1-2,4,6-9H,3,5H2,(H,18,20)(H,21,24)(H3,17,19,22,23). The van der Waals surface area contributed by atoms with Crippen LogP contribution in [0.4, 0.5) is 11.8 Å². The molecular weight excluding hydrogens is 304 g/mol. The zero-order valence-electron chi connectivity index (χ0n) is 12.8. The molecule has 0 saturated heterocycles. The van der Waals surface area contributed by atoms with Gasteiger partial charge in [0.05, 0.1) is 17.5 Å². The Hall–Kier alpha value is -3.42. The van der Waals surface area contributed by atoms with Gasteiger partial charge in [0, 0.05) is 42.0 Å². The number of aromatic nitrogens is 6. The van der Waals surface area contributed by atoms with Gasteiger partial charge in [-0.3, -0.25) is 5.10 Å². The summed E-state index contributed by atoms with van der Waals surface area (Å²) >= 11 is 0. The summed E-state index contributed by atoms with van der Waals surface area (Å²) < 4.78 is 0. The predicted octanol–water partition coefficient (Wildman–Crippen LogP) is 1.98. The number of anilines is 2. The fourth-order valence-electron chi connectivity index (χ4n) is 2.60. The van der Waals surface area contributed by atoms with E-state index in [0.717, 1.165) is 46.6 Å². The van der Waals surface area contributed by atoms with E-state index in [1.807, 2.05) is 30.5 Å². The van der Waals surface area contributed by atoms with E-state index in [-0.39, 0.29) is 5.95 Å². The van der Waals surface area contributed by atoms with Crippen molar-refractivity contribution >= 4 is 22.7 Å². The number of imidazole rings is 1. The molecule has 1 aromatic carbocycles. The van der Waals surface area contributed by atoms with Crippen molar-refractivity contribution in [3.8, 4) is 11.3 Å². The van der Waals surface area contributed by atoms with Crippen molar-refractivity contribution in [3.05, 3.63) is 48.7 Å². The van der Waals surface area contributed by atoms with Crippen molar-refractivity contribution < 1.29 is 0 Å². The molecule has 24 heavy (non-hydrogen) atoms. The van der Waals surface area contributed by atoms with Crippen LogP contribution in [0.5, 0.6) is 0 Å². The molecule has 8 heteroatoms. The van der Waals surface area contributed by atoms with Crippen LogP contribution in [0, 0.1) is 0 Å². The van der Waals surface area contributed by atoms with Gasteiger partial charge in [0.1, 0.15) is 5.82 Å². The molecule has 0 spiro atoms. The first-order valence-corrected chi connectivity index (χ1v) is 7.58. The quantitative estimate of drug-likeness (QED) is 0.446. The summed E-state index contributed by atoms with van der Waals surface area (Å²) in [6.07, 6.45) is 6.02. The summed E-state index contributed by atoms with van der Waals surface area (Å²) in [7, 11) is 0. The fourth-order valence-corrected chi connectivity index (χ4v) is 2.60. The Kier molecular flexibility index (Phi) is 3.54. The van der Waals surface area contributed by atoms with E-state index in [0.29, 0.717) is 0 Å². The highest BCUT2D eigenvalue weighted by molar-refractivity contribution is 5.92. The van der Waals surface area contributed by atoms with Crippen LogP contribution in [0.25, 0.3) is 22.2 Å². The maximum atomic E-state index is 5.86. The highest BCUT2D eigenvalue weighted by Crippen LogP contribution is 2.26. The van der Waals surface area contributed by atoms with Crippen LogP contribution in [0.3, 0.4) is 0 Å². The highest BCUT2D eigenvalue weighted by Gasteiger charge is 2.08. The smallest absolute Gasteiger partial charge is 0.222 e. The number of hydrogen-bond donors (Lipinski definition) is 4. The third-order valence-corrected chi connectivity index (χ3v) is 3.77. The van der Waals surface area contributed by atoms with Gasteiger partial charge >= 0.3 is 0 Å². The van der Waals surface area contributed by atoms with Crippen molar-refractivity contribution in [1.82, 2.24) is 30.1 Å². The highest BCUT2D eigenvalue weighted by atomic mass is 15.1. The second kappa shape index (κ2) is 5.99. The Morgan fingerprint density at radius 1 is 1.17 bits per heavy atom. The summed E-state index contributed by atoms with van der Waals surface area (Å²) in [5, 5.41) is 11.2. The van der Waals surface area contributed by atoms with Crippen molar-refractivity contribution in [2.75, 3.05) is 17.6 Å². The SMILES string of the molecule is Nc1nc(NCCc2cnc[nH]2)c2ccc(-c3ccn[nH]3)cc2n1. The molecule has 0 aliphatic heterocycles. The van der Waals surface area contributed by atoms with Gasteiger partial charge in [-0.15, -0.1) is 0 Å². The summed E-state index contributed by atoms with van der Waals surface area (Å²) in [6.45, 7) is 0.718. The van der Waals surface area contributed by atoms with Gasteiger partial charge in [-0.2, -0.15) is 10.1 Å². The van der Waals surface area contributed by atoms with Gasteiger partial charge in [-0.05, 0) is 18.2 Å². The van der Waals surface area contributed by atoms with E-state index in [1.54, 1.807) is 12.5 Å². The van der Waals surface area contributed by atoms with Crippen molar-refractivity contribution in [2.45, 2.75) is 6.42 Å². The monoisotopic (exact) mass is 320 g/mol. The molecule has 0 unspecified atom stereocenters. The van der Waals surface area contributed by atoms with Gasteiger partial charge in [0.15, 0.2) is 0 Å². The number of benzene rings is 1. The summed E-state index contributed by atoms with van der Waals surface area (Å²) in [5.41, 5.74) is 9.65. The summed E-state index contributed by atoms with van der Waals surface area (Å²) in [4.78, 5) is 15.7. The van der Waals surface area contributed by atoms with E-state index < -0.39 is 0 Å². The first-order valence-electron chi connectivity index (χ1n) is 7.58.